The molecule has 1 rings (SSSR count). The minimum atomic E-state index is -2.84. The molecule has 11 heavy (non-hydrogen) atoms. The van der Waals surface area contributed by atoms with Gasteiger partial charge in [0.15, 0.2) is 9.84 Å². The van der Waals surface area contributed by atoms with E-state index >= 15 is 0 Å². The van der Waals surface area contributed by atoms with Crippen LogP contribution in [0.4, 0.5) is 0 Å². The fourth-order valence-electron chi connectivity index (χ4n) is 1.07. The summed E-state index contributed by atoms with van der Waals surface area (Å²) in [5.41, 5.74) is 0. The summed E-state index contributed by atoms with van der Waals surface area (Å²) < 4.78 is 27.2. The molecule has 1 aliphatic heterocycles. The second-order valence-electron chi connectivity index (χ2n) is 2.61. The van der Waals surface area contributed by atoms with E-state index in [1.165, 1.54) is 0 Å². The maximum Gasteiger partial charge on any atom is 0.155 e. The Morgan fingerprint density at radius 3 is 2.91 bits per heavy atom. The summed E-state index contributed by atoms with van der Waals surface area (Å²) >= 11 is 0. The Hall–Kier alpha value is -0.130. The lowest BCUT2D eigenvalue weighted by Crippen LogP contribution is -2.36. The predicted molar refractivity (Wildman–Crippen MR) is 42.5 cm³/mol. The molecule has 0 N–H and O–H groups in total. The molecule has 1 fully saturated rings. The largest absolute Gasteiger partial charge is 0.663 e. The molecule has 1 saturated heterocycles. The maximum absolute atomic E-state index is 11.0. The predicted octanol–water partition coefficient (Wildman–Crippen LogP) is -0.196. The van der Waals surface area contributed by atoms with Crippen LogP contribution in [0.3, 0.4) is 0 Å². The second kappa shape index (κ2) is 3.51. The Morgan fingerprint density at radius 2 is 2.36 bits per heavy atom. The van der Waals surface area contributed by atoms with Crippen molar-refractivity contribution in [1.82, 2.24) is 0 Å². The lowest BCUT2D eigenvalue weighted by molar-refractivity contribution is 0.0821. The van der Waals surface area contributed by atoms with E-state index in [1.807, 2.05) is 0 Å². The molecule has 0 aromatic rings. The molecule has 0 spiro atoms. The number of likely N-dealkylation sites (N-methyl/N-ethyl adjacent to an activating group) is 1. The van der Waals surface area contributed by atoms with Crippen LogP contribution in [0.2, 0.25) is 0 Å². The van der Waals surface area contributed by atoms with Gasteiger partial charge in [-0.05, 0) is 0 Å². The topological polar surface area (TPSA) is 57.5 Å². The molecule has 0 aromatic heterocycles. The molecule has 1 heterocycles. The van der Waals surface area contributed by atoms with E-state index in [0.29, 0.717) is 13.2 Å². The van der Waals surface area contributed by atoms with Crippen LogP contribution in [-0.2, 0) is 14.6 Å². The number of nitrogens with zero attached hydrogens (tertiary/aromatic N) is 1. The first-order valence-electron chi connectivity index (χ1n) is 3.51. The summed E-state index contributed by atoms with van der Waals surface area (Å²) in [5.74, 6) is 0.289. The third-order valence-corrected chi connectivity index (χ3v) is 3.24. The Balaban J connectivity index is 2.47. The summed E-state index contributed by atoms with van der Waals surface area (Å²) in [5, 5.41) is 3.84. The maximum atomic E-state index is 11.0. The highest BCUT2D eigenvalue weighted by molar-refractivity contribution is 7.91. The number of ether oxygens (including phenoxy) is 1. The zero-order valence-corrected chi connectivity index (χ0v) is 7.30. The van der Waals surface area contributed by atoms with Crippen molar-refractivity contribution >= 4 is 9.84 Å². The molecule has 0 radical (unpaired) electrons. The molecular formula is C6H12NO3S-. The molecule has 0 bridgehead atoms. The van der Waals surface area contributed by atoms with Crippen LogP contribution in [0, 0.1) is 0 Å². The molecule has 4 nitrogen and oxygen atoms in total. The van der Waals surface area contributed by atoms with E-state index in [2.05, 4.69) is 5.32 Å². The Labute approximate surface area is 66.8 Å². The molecule has 0 amide bonds. The molecule has 0 aliphatic carbocycles. The molecule has 1 aliphatic rings. The van der Waals surface area contributed by atoms with Gasteiger partial charge in [-0.2, -0.15) is 7.05 Å². The first-order chi connectivity index (χ1) is 5.14. The fraction of sp³-hybridized carbons (Fsp3) is 1.00. The van der Waals surface area contributed by atoms with Gasteiger partial charge in [0.25, 0.3) is 0 Å². The SMILES string of the molecule is C[N-]CC1CS(=O)(=O)CCO1. The van der Waals surface area contributed by atoms with E-state index in [9.17, 15) is 8.42 Å². The van der Waals surface area contributed by atoms with Gasteiger partial charge in [0.05, 0.1) is 24.2 Å². The monoisotopic (exact) mass is 178 g/mol. The number of rotatable bonds is 2. The first-order valence-corrected chi connectivity index (χ1v) is 5.34. The van der Waals surface area contributed by atoms with E-state index in [1.54, 1.807) is 7.05 Å². The summed E-state index contributed by atoms with van der Waals surface area (Å²) in [7, 11) is -1.18. The summed E-state index contributed by atoms with van der Waals surface area (Å²) in [6.07, 6.45) is -0.209. The standard InChI is InChI=1S/C6H12NO3S/c1-7-4-6-5-11(8,9)3-2-10-6/h6H,2-5H2,1H3/q-1. The van der Waals surface area contributed by atoms with E-state index in [-0.39, 0.29) is 17.6 Å². The van der Waals surface area contributed by atoms with Crippen LogP contribution in [0.1, 0.15) is 0 Å². The quantitative estimate of drug-likeness (QED) is 0.588. The van der Waals surface area contributed by atoms with Crippen molar-refractivity contribution in [2.24, 2.45) is 0 Å². The lowest BCUT2D eigenvalue weighted by atomic mass is 10.4. The van der Waals surface area contributed by atoms with Gasteiger partial charge >= 0.3 is 0 Å². The van der Waals surface area contributed by atoms with Gasteiger partial charge in [0.2, 0.25) is 0 Å². The summed E-state index contributed by atoms with van der Waals surface area (Å²) in [6.45, 7) is 0.807. The number of hydrogen-bond donors (Lipinski definition) is 0. The van der Waals surface area contributed by atoms with Gasteiger partial charge in [0, 0.05) is 0 Å². The van der Waals surface area contributed by atoms with Gasteiger partial charge in [-0.25, -0.2) is 8.42 Å². The fourth-order valence-corrected chi connectivity index (χ4v) is 2.35. The molecule has 0 saturated carbocycles. The van der Waals surface area contributed by atoms with Crippen molar-refractivity contribution in [2.45, 2.75) is 6.10 Å². The van der Waals surface area contributed by atoms with Crippen LogP contribution in [0.25, 0.3) is 5.32 Å². The Kier molecular flexibility index (Phi) is 2.86. The van der Waals surface area contributed by atoms with Crippen molar-refractivity contribution in [3.8, 4) is 0 Å². The third-order valence-electron chi connectivity index (χ3n) is 1.57. The van der Waals surface area contributed by atoms with Gasteiger partial charge < -0.3 is 10.1 Å². The van der Waals surface area contributed by atoms with Gasteiger partial charge in [0.1, 0.15) is 0 Å². The second-order valence-corrected chi connectivity index (χ2v) is 4.83. The molecule has 1 unspecified atom stereocenters. The van der Waals surface area contributed by atoms with Crippen LogP contribution in [-0.4, -0.2) is 46.2 Å². The van der Waals surface area contributed by atoms with Crippen molar-refractivity contribution < 1.29 is 13.2 Å². The van der Waals surface area contributed by atoms with Crippen LogP contribution >= 0.6 is 0 Å². The molecule has 0 aromatic carbocycles. The summed E-state index contributed by atoms with van der Waals surface area (Å²) in [6, 6.07) is 0. The van der Waals surface area contributed by atoms with Crippen LogP contribution < -0.4 is 0 Å². The average molecular weight is 178 g/mol. The van der Waals surface area contributed by atoms with Crippen LogP contribution in [0.5, 0.6) is 0 Å². The third kappa shape index (κ3) is 2.76. The van der Waals surface area contributed by atoms with E-state index < -0.39 is 9.84 Å². The van der Waals surface area contributed by atoms with Gasteiger partial charge in [-0.3, -0.25) is 0 Å². The zero-order chi connectivity index (χ0) is 8.32. The van der Waals surface area contributed by atoms with E-state index in [4.69, 9.17) is 4.74 Å². The normalized spacial score (nSPS) is 30.1. The minimum Gasteiger partial charge on any atom is -0.663 e. The van der Waals surface area contributed by atoms with Crippen molar-refractivity contribution in [3.63, 3.8) is 0 Å². The van der Waals surface area contributed by atoms with Crippen molar-refractivity contribution in [1.29, 1.82) is 0 Å². The Bertz CT molecular complexity index is 210. The first kappa shape index (κ1) is 8.96. The van der Waals surface area contributed by atoms with Crippen LogP contribution in [0.15, 0.2) is 0 Å². The summed E-state index contributed by atoms with van der Waals surface area (Å²) in [4.78, 5) is 0. The van der Waals surface area contributed by atoms with E-state index in [0.717, 1.165) is 0 Å². The zero-order valence-electron chi connectivity index (χ0n) is 6.49. The number of hydrogen-bond acceptors (Lipinski definition) is 3. The Morgan fingerprint density at radius 1 is 1.64 bits per heavy atom. The van der Waals surface area contributed by atoms with Crippen molar-refractivity contribution in [3.05, 3.63) is 5.32 Å². The highest BCUT2D eigenvalue weighted by Crippen LogP contribution is 2.08. The van der Waals surface area contributed by atoms with Gasteiger partial charge in [-0.15, -0.1) is 6.54 Å². The molecule has 66 valence electrons. The molecule has 5 heteroatoms. The lowest BCUT2D eigenvalue weighted by Gasteiger charge is -2.27. The minimum absolute atomic E-state index is 0.129. The molecular weight excluding hydrogens is 166 g/mol. The van der Waals surface area contributed by atoms with Crippen molar-refractivity contribution in [2.75, 3.05) is 31.7 Å². The average Bonchev–Trinajstić information content (AvgIpc) is 1.85. The van der Waals surface area contributed by atoms with Gasteiger partial charge in [-0.1, -0.05) is 0 Å². The smallest absolute Gasteiger partial charge is 0.155 e. The number of sulfone groups is 1. The highest BCUT2D eigenvalue weighted by Gasteiger charge is 2.22. The molecule has 1 atom stereocenters. The highest BCUT2D eigenvalue weighted by atomic mass is 32.2.